The number of hydrogen-bond acceptors (Lipinski definition) is 3. The molecule has 3 rings (SSSR count). The maximum atomic E-state index is 12.6. The minimum absolute atomic E-state index is 0.136. The summed E-state index contributed by atoms with van der Waals surface area (Å²) in [6.07, 6.45) is 1.39. The highest BCUT2D eigenvalue weighted by molar-refractivity contribution is 7.89. The number of aromatic nitrogens is 2. The summed E-state index contributed by atoms with van der Waals surface area (Å²) < 4.78 is 26.5. The van der Waals surface area contributed by atoms with Crippen LogP contribution in [0.15, 0.2) is 65.6 Å². The minimum atomic E-state index is -3.59. The Morgan fingerprint density at radius 2 is 1.77 bits per heavy atom. The smallest absolute Gasteiger partial charge is 0.244 e. The van der Waals surface area contributed by atoms with Gasteiger partial charge in [0, 0.05) is 24.8 Å². The van der Waals surface area contributed by atoms with E-state index >= 15 is 0 Å². The highest BCUT2D eigenvalue weighted by atomic mass is 35.5. The average molecular weight is 390 g/mol. The molecule has 0 unspecified atom stereocenters. The number of rotatable bonds is 7. The molecule has 0 aliphatic heterocycles. The lowest BCUT2D eigenvalue weighted by Crippen LogP contribution is -2.28. The van der Waals surface area contributed by atoms with Gasteiger partial charge in [-0.05, 0) is 31.0 Å². The third-order valence-corrected chi connectivity index (χ3v) is 6.50. The molecule has 0 saturated carbocycles. The van der Waals surface area contributed by atoms with E-state index in [9.17, 15) is 8.42 Å². The summed E-state index contributed by atoms with van der Waals surface area (Å²) in [6, 6.07) is 18.4. The Morgan fingerprint density at radius 1 is 1.08 bits per heavy atom. The summed E-state index contributed by atoms with van der Waals surface area (Å²) in [4.78, 5) is 0.136. The number of aryl methyl sites for hydroxylation is 1. The lowest BCUT2D eigenvalue weighted by atomic mass is 10.1. The van der Waals surface area contributed by atoms with E-state index in [0.29, 0.717) is 19.4 Å². The van der Waals surface area contributed by atoms with Crippen molar-refractivity contribution < 1.29 is 8.42 Å². The van der Waals surface area contributed by atoms with Gasteiger partial charge < -0.3 is 0 Å². The van der Waals surface area contributed by atoms with Crippen LogP contribution in [0.5, 0.6) is 0 Å². The van der Waals surface area contributed by atoms with Crippen molar-refractivity contribution in [2.24, 2.45) is 0 Å². The normalized spacial score (nSPS) is 11.8. The van der Waals surface area contributed by atoms with E-state index in [4.69, 9.17) is 11.6 Å². The monoisotopic (exact) mass is 389 g/mol. The summed E-state index contributed by atoms with van der Waals surface area (Å²) in [6.45, 7) is 0.396. The van der Waals surface area contributed by atoms with E-state index in [1.807, 2.05) is 36.4 Å². The molecular formula is C19H20ClN3O2S. The second-order valence-electron chi connectivity index (χ2n) is 6.00. The number of halogens is 1. The van der Waals surface area contributed by atoms with Crippen LogP contribution in [-0.2, 0) is 16.4 Å². The van der Waals surface area contributed by atoms with Gasteiger partial charge in [0.15, 0.2) is 0 Å². The molecular weight excluding hydrogens is 370 g/mol. The average Bonchev–Trinajstić information content (AvgIpc) is 3.11. The molecule has 5 nitrogen and oxygen atoms in total. The van der Waals surface area contributed by atoms with E-state index < -0.39 is 10.0 Å². The molecule has 0 saturated heterocycles. The highest BCUT2D eigenvalue weighted by Gasteiger charge is 2.22. The first-order valence-corrected chi connectivity index (χ1v) is 10.1. The van der Waals surface area contributed by atoms with Crippen molar-refractivity contribution in [3.05, 3.63) is 71.4 Å². The van der Waals surface area contributed by atoms with Crippen molar-refractivity contribution in [1.82, 2.24) is 14.5 Å². The molecule has 1 heterocycles. The van der Waals surface area contributed by atoms with Gasteiger partial charge in [0.05, 0.1) is 10.7 Å². The Hall–Kier alpha value is -2.15. The zero-order valence-corrected chi connectivity index (χ0v) is 16.0. The van der Waals surface area contributed by atoms with Crippen LogP contribution in [0.2, 0.25) is 5.02 Å². The summed E-state index contributed by atoms with van der Waals surface area (Å²) in [7, 11) is -2.02. The molecule has 1 N–H and O–H groups in total. The Morgan fingerprint density at radius 3 is 2.50 bits per heavy atom. The fourth-order valence-electron chi connectivity index (χ4n) is 2.68. The quantitative estimate of drug-likeness (QED) is 0.664. The molecule has 0 atom stereocenters. The largest absolute Gasteiger partial charge is 0.282 e. The van der Waals surface area contributed by atoms with Crippen molar-refractivity contribution in [2.75, 3.05) is 13.6 Å². The first kappa shape index (κ1) is 18.6. The lowest BCUT2D eigenvalue weighted by molar-refractivity contribution is 0.460. The number of sulfonamides is 1. The molecule has 0 aliphatic carbocycles. The van der Waals surface area contributed by atoms with E-state index in [-0.39, 0.29) is 9.92 Å². The van der Waals surface area contributed by atoms with E-state index in [2.05, 4.69) is 10.2 Å². The number of aromatic amines is 1. The molecule has 0 bridgehead atoms. The van der Waals surface area contributed by atoms with E-state index in [0.717, 1.165) is 17.0 Å². The van der Waals surface area contributed by atoms with Crippen LogP contribution < -0.4 is 0 Å². The number of hydrogen-bond donors (Lipinski definition) is 1. The number of H-pyrrole nitrogens is 1. The van der Waals surface area contributed by atoms with Gasteiger partial charge in [-0.15, -0.1) is 0 Å². The van der Waals surface area contributed by atoms with Crippen molar-refractivity contribution in [2.45, 2.75) is 17.7 Å². The van der Waals surface area contributed by atoms with Crippen molar-refractivity contribution >= 4 is 21.6 Å². The van der Waals surface area contributed by atoms with Crippen LogP contribution in [0.25, 0.3) is 11.3 Å². The maximum absolute atomic E-state index is 12.6. The molecule has 0 radical (unpaired) electrons. The molecule has 2 aromatic carbocycles. The number of nitrogens with one attached hydrogen (secondary N) is 1. The third kappa shape index (κ3) is 4.15. The van der Waals surface area contributed by atoms with Gasteiger partial charge in [-0.3, -0.25) is 5.10 Å². The minimum Gasteiger partial charge on any atom is -0.282 e. The first-order valence-electron chi connectivity index (χ1n) is 8.29. The summed E-state index contributed by atoms with van der Waals surface area (Å²) in [5.41, 5.74) is 2.92. The predicted molar refractivity (Wildman–Crippen MR) is 104 cm³/mol. The first-order chi connectivity index (χ1) is 12.5. The fourth-order valence-corrected chi connectivity index (χ4v) is 4.38. The van der Waals surface area contributed by atoms with Crippen molar-refractivity contribution in [3.63, 3.8) is 0 Å². The van der Waals surface area contributed by atoms with E-state index in [1.54, 1.807) is 25.2 Å². The van der Waals surface area contributed by atoms with Gasteiger partial charge in [0.2, 0.25) is 10.0 Å². The Kier molecular flexibility index (Phi) is 5.76. The summed E-state index contributed by atoms with van der Waals surface area (Å²) in [5, 5.41) is 7.57. The van der Waals surface area contributed by atoms with Crippen molar-refractivity contribution in [3.8, 4) is 11.3 Å². The molecule has 3 aromatic rings. The molecule has 1 aromatic heterocycles. The van der Waals surface area contributed by atoms with Gasteiger partial charge in [0.1, 0.15) is 4.90 Å². The van der Waals surface area contributed by atoms with E-state index in [1.165, 1.54) is 10.4 Å². The number of benzene rings is 2. The van der Waals surface area contributed by atoms with Crippen LogP contribution >= 0.6 is 11.6 Å². The molecule has 7 heteroatoms. The van der Waals surface area contributed by atoms with Crippen LogP contribution in [0.3, 0.4) is 0 Å². The van der Waals surface area contributed by atoms with Gasteiger partial charge >= 0.3 is 0 Å². The van der Waals surface area contributed by atoms with Crippen LogP contribution in [0.4, 0.5) is 0 Å². The van der Waals surface area contributed by atoms with Crippen LogP contribution in [0, 0.1) is 0 Å². The summed E-state index contributed by atoms with van der Waals surface area (Å²) >= 11 is 6.02. The molecule has 136 valence electrons. The van der Waals surface area contributed by atoms with Gasteiger partial charge in [-0.1, -0.05) is 54.1 Å². The topological polar surface area (TPSA) is 66.1 Å². The van der Waals surface area contributed by atoms with Gasteiger partial charge in [-0.2, -0.15) is 5.10 Å². The van der Waals surface area contributed by atoms with Gasteiger partial charge in [0.25, 0.3) is 0 Å². The fraction of sp³-hybridized carbons (Fsp3) is 0.211. The molecule has 26 heavy (non-hydrogen) atoms. The second-order valence-corrected chi connectivity index (χ2v) is 8.43. The van der Waals surface area contributed by atoms with Crippen LogP contribution in [-0.4, -0.2) is 36.5 Å². The molecule has 0 fully saturated rings. The van der Waals surface area contributed by atoms with Crippen molar-refractivity contribution in [1.29, 1.82) is 0 Å². The molecule has 0 spiro atoms. The predicted octanol–water partition coefficient (Wildman–Crippen LogP) is 3.98. The zero-order valence-electron chi connectivity index (χ0n) is 14.4. The Labute approximate surface area is 158 Å². The van der Waals surface area contributed by atoms with Gasteiger partial charge in [-0.25, -0.2) is 12.7 Å². The number of nitrogens with zero attached hydrogens (tertiary/aromatic N) is 2. The Bertz CT molecular complexity index is 971. The van der Waals surface area contributed by atoms with Crippen LogP contribution in [0.1, 0.15) is 12.1 Å². The second kappa shape index (κ2) is 8.03. The SMILES string of the molecule is CN(CCCc1cc(-c2ccccc2)n[nH]1)S(=O)(=O)c1ccccc1Cl. The maximum Gasteiger partial charge on any atom is 0.244 e. The zero-order chi connectivity index (χ0) is 18.6. The summed E-state index contributed by atoms with van der Waals surface area (Å²) in [5.74, 6) is 0. The molecule has 0 aliphatic rings. The highest BCUT2D eigenvalue weighted by Crippen LogP contribution is 2.23. The third-order valence-electron chi connectivity index (χ3n) is 4.14. The molecule has 0 amide bonds. The standard InChI is InChI=1S/C19H20ClN3O2S/c1-23(26(24,25)19-12-6-5-11-17(19)20)13-7-10-16-14-18(22-21-16)15-8-3-2-4-9-15/h2-6,8-9,11-12,14H,7,10,13H2,1H3,(H,21,22). The lowest BCUT2D eigenvalue weighted by Gasteiger charge is -2.17. The Balaban J connectivity index is 1.60.